The second-order valence-electron chi connectivity index (χ2n) is 4.55. The molecule has 2 aromatic rings. The van der Waals surface area contributed by atoms with Crippen LogP contribution in [0.15, 0.2) is 36.4 Å². The van der Waals surface area contributed by atoms with Crippen molar-refractivity contribution in [1.82, 2.24) is 0 Å². The summed E-state index contributed by atoms with van der Waals surface area (Å²) in [6.07, 6.45) is 0. The molecule has 0 bridgehead atoms. The predicted molar refractivity (Wildman–Crippen MR) is 80.4 cm³/mol. The Morgan fingerprint density at radius 2 is 1.95 bits per heavy atom. The van der Waals surface area contributed by atoms with Crippen molar-refractivity contribution in [3.8, 4) is 0 Å². The van der Waals surface area contributed by atoms with Crippen molar-refractivity contribution in [2.75, 3.05) is 5.32 Å². The maximum atomic E-state index is 13.6. The zero-order valence-electron chi connectivity index (χ0n) is 11.1. The summed E-state index contributed by atoms with van der Waals surface area (Å²) < 4.78 is 13.6. The Morgan fingerprint density at radius 3 is 2.62 bits per heavy atom. The average Bonchev–Trinajstić information content (AvgIpc) is 2.43. The predicted octanol–water partition coefficient (Wildman–Crippen LogP) is 1.72. The molecule has 0 radical (unpaired) electrons. The number of anilines is 1. The topological polar surface area (TPSA) is 69.6 Å². The molecular weight excluding hydrogens is 295 g/mol. The molecule has 0 heterocycles. The molecule has 4 nitrogen and oxygen atoms in total. The lowest BCUT2D eigenvalue weighted by Gasteiger charge is -2.09. The van der Waals surface area contributed by atoms with Gasteiger partial charge in [-0.3, -0.25) is 4.79 Å². The maximum Gasteiger partial charge on any atom is 0.489 e. The van der Waals surface area contributed by atoms with Gasteiger partial charge in [-0.2, -0.15) is 0 Å². The second kappa shape index (κ2) is 6.26. The smallest absolute Gasteiger partial charge is 0.423 e. The Labute approximate surface area is 126 Å². The van der Waals surface area contributed by atoms with Crippen LogP contribution in [0.1, 0.15) is 15.9 Å². The number of rotatable bonds is 3. The van der Waals surface area contributed by atoms with Gasteiger partial charge in [0.2, 0.25) is 0 Å². The number of hydrogen-bond donors (Lipinski definition) is 3. The highest BCUT2D eigenvalue weighted by Gasteiger charge is 2.18. The first kappa shape index (κ1) is 15.5. The van der Waals surface area contributed by atoms with Gasteiger partial charge in [0.1, 0.15) is 5.82 Å². The van der Waals surface area contributed by atoms with E-state index < -0.39 is 18.8 Å². The van der Waals surface area contributed by atoms with Gasteiger partial charge in [-0.05, 0) is 42.8 Å². The second-order valence-corrected chi connectivity index (χ2v) is 4.95. The molecule has 0 saturated heterocycles. The molecular formula is C14H12BClFNO3. The van der Waals surface area contributed by atoms with E-state index in [1.165, 1.54) is 30.3 Å². The van der Waals surface area contributed by atoms with Crippen molar-refractivity contribution in [3.05, 3.63) is 58.4 Å². The van der Waals surface area contributed by atoms with Gasteiger partial charge in [0.05, 0.1) is 5.69 Å². The van der Waals surface area contributed by atoms with Crippen LogP contribution in [0.4, 0.5) is 10.1 Å². The molecule has 0 aliphatic heterocycles. The van der Waals surface area contributed by atoms with Crippen LogP contribution in [0.5, 0.6) is 0 Å². The summed E-state index contributed by atoms with van der Waals surface area (Å²) >= 11 is 5.79. The molecule has 1 amide bonds. The van der Waals surface area contributed by atoms with Crippen LogP contribution in [-0.2, 0) is 0 Å². The fourth-order valence-electron chi connectivity index (χ4n) is 1.81. The number of aryl methyl sites for hydroxylation is 1. The molecule has 0 unspecified atom stereocenters. The lowest BCUT2D eigenvalue weighted by atomic mass is 9.79. The van der Waals surface area contributed by atoms with Gasteiger partial charge in [0.15, 0.2) is 0 Å². The standard InChI is InChI=1S/C14H12BClFNO3/c1-8-2-5-12(17)13(6-8)18-14(19)9-3-4-11(16)10(7-9)15(20)21/h2-7,20-21H,1H3,(H,18,19). The quantitative estimate of drug-likeness (QED) is 0.756. The zero-order valence-corrected chi connectivity index (χ0v) is 11.9. The van der Waals surface area contributed by atoms with Crippen LogP contribution in [0, 0.1) is 12.7 Å². The molecule has 0 aliphatic carbocycles. The molecule has 108 valence electrons. The number of hydrogen-bond acceptors (Lipinski definition) is 3. The highest BCUT2D eigenvalue weighted by Crippen LogP contribution is 2.17. The normalized spacial score (nSPS) is 10.3. The molecule has 7 heteroatoms. The van der Waals surface area contributed by atoms with Gasteiger partial charge in [-0.1, -0.05) is 17.7 Å². The van der Waals surface area contributed by atoms with Crippen LogP contribution >= 0.6 is 11.6 Å². The first-order valence-electron chi connectivity index (χ1n) is 6.11. The van der Waals surface area contributed by atoms with Gasteiger partial charge in [-0.25, -0.2) is 4.39 Å². The summed E-state index contributed by atoms with van der Waals surface area (Å²) in [6, 6.07) is 8.39. The fourth-order valence-corrected chi connectivity index (χ4v) is 2.03. The van der Waals surface area contributed by atoms with E-state index in [2.05, 4.69) is 5.32 Å². The molecule has 0 spiro atoms. The lowest BCUT2D eigenvalue weighted by Crippen LogP contribution is -2.32. The SMILES string of the molecule is Cc1ccc(F)c(NC(=O)c2ccc(Cl)c(B(O)O)c2)c1. The van der Waals surface area contributed by atoms with Crippen LogP contribution in [0.3, 0.4) is 0 Å². The molecule has 0 atom stereocenters. The highest BCUT2D eigenvalue weighted by molar-refractivity contribution is 6.62. The van der Waals surface area contributed by atoms with E-state index in [9.17, 15) is 9.18 Å². The van der Waals surface area contributed by atoms with E-state index in [1.54, 1.807) is 13.0 Å². The fraction of sp³-hybridized carbons (Fsp3) is 0.0714. The number of benzene rings is 2. The van der Waals surface area contributed by atoms with Crippen LogP contribution in [-0.4, -0.2) is 23.1 Å². The van der Waals surface area contributed by atoms with E-state index in [0.29, 0.717) is 0 Å². The van der Waals surface area contributed by atoms with E-state index in [-0.39, 0.29) is 21.7 Å². The Hall–Kier alpha value is -1.89. The third kappa shape index (κ3) is 3.61. The van der Waals surface area contributed by atoms with Gasteiger partial charge in [0, 0.05) is 16.0 Å². The van der Waals surface area contributed by atoms with Crippen molar-refractivity contribution in [2.24, 2.45) is 0 Å². The molecule has 0 fully saturated rings. The van der Waals surface area contributed by atoms with Crippen LogP contribution in [0.25, 0.3) is 0 Å². The Bertz CT molecular complexity index is 694. The first-order chi connectivity index (χ1) is 9.88. The molecule has 3 N–H and O–H groups in total. The average molecular weight is 308 g/mol. The monoisotopic (exact) mass is 307 g/mol. The molecule has 0 saturated carbocycles. The van der Waals surface area contributed by atoms with E-state index in [1.807, 2.05) is 0 Å². The summed E-state index contributed by atoms with van der Waals surface area (Å²) in [7, 11) is -1.79. The first-order valence-corrected chi connectivity index (χ1v) is 6.49. The minimum Gasteiger partial charge on any atom is -0.423 e. The van der Waals surface area contributed by atoms with Crippen LogP contribution in [0.2, 0.25) is 5.02 Å². The van der Waals surface area contributed by atoms with Crippen molar-refractivity contribution < 1.29 is 19.2 Å². The minimum absolute atomic E-state index is 0.00836. The molecule has 0 aromatic heterocycles. The molecule has 2 aromatic carbocycles. The number of carbonyl (C=O) groups excluding carboxylic acids is 1. The van der Waals surface area contributed by atoms with Gasteiger partial charge in [-0.15, -0.1) is 0 Å². The van der Waals surface area contributed by atoms with E-state index >= 15 is 0 Å². The van der Waals surface area contributed by atoms with Crippen molar-refractivity contribution in [1.29, 1.82) is 0 Å². The minimum atomic E-state index is -1.79. The summed E-state index contributed by atoms with van der Waals surface area (Å²) in [6.45, 7) is 1.78. The third-order valence-corrected chi connectivity index (χ3v) is 3.25. The third-order valence-electron chi connectivity index (χ3n) is 2.91. The molecule has 21 heavy (non-hydrogen) atoms. The largest absolute Gasteiger partial charge is 0.489 e. The van der Waals surface area contributed by atoms with Gasteiger partial charge in [0.25, 0.3) is 5.91 Å². The Morgan fingerprint density at radius 1 is 1.24 bits per heavy atom. The number of amides is 1. The molecule has 0 aliphatic rings. The summed E-state index contributed by atoms with van der Waals surface area (Å²) in [5.41, 5.74) is 1.01. The number of carbonyl (C=O) groups is 1. The lowest BCUT2D eigenvalue weighted by molar-refractivity contribution is 0.102. The van der Waals surface area contributed by atoms with Crippen LogP contribution < -0.4 is 10.8 Å². The van der Waals surface area contributed by atoms with E-state index in [4.69, 9.17) is 21.6 Å². The maximum absolute atomic E-state index is 13.6. The summed E-state index contributed by atoms with van der Waals surface area (Å²) in [4.78, 5) is 12.1. The van der Waals surface area contributed by atoms with Gasteiger partial charge >= 0.3 is 7.12 Å². The number of nitrogens with one attached hydrogen (secondary N) is 1. The van der Waals surface area contributed by atoms with E-state index in [0.717, 1.165) is 5.56 Å². The van der Waals surface area contributed by atoms with Crippen molar-refractivity contribution >= 4 is 35.8 Å². The van der Waals surface area contributed by atoms with Crippen molar-refractivity contribution in [2.45, 2.75) is 6.92 Å². The van der Waals surface area contributed by atoms with Gasteiger partial charge < -0.3 is 15.4 Å². The number of halogens is 2. The summed E-state index contributed by atoms with van der Waals surface area (Å²) in [5, 5.41) is 20.9. The Kier molecular flexibility index (Phi) is 4.62. The van der Waals surface area contributed by atoms with Crippen molar-refractivity contribution in [3.63, 3.8) is 0 Å². The molecule has 2 rings (SSSR count). The highest BCUT2D eigenvalue weighted by atomic mass is 35.5. The Balaban J connectivity index is 2.28. The summed E-state index contributed by atoms with van der Waals surface area (Å²) in [5.74, 6) is -1.12. The zero-order chi connectivity index (χ0) is 15.6.